The number of hydrogen-bond acceptors (Lipinski definition) is 9. The maximum Gasteiger partial charge on any atom is 0.277 e. The van der Waals surface area contributed by atoms with E-state index in [9.17, 15) is 4.79 Å². The lowest BCUT2D eigenvalue weighted by molar-refractivity contribution is 0.102. The van der Waals surface area contributed by atoms with Crippen molar-refractivity contribution in [2.45, 2.75) is 0 Å². The highest BCUT2D eigenvalue weighted by Gasteiger charge is 2.11. The fraction of sp³-hybridized carbons (Fsp3) is 0. The number of amides is 1. The van der Waals surface area contributed by atoms with Crippen LogP contribution in [-0.4, -0.2) is 26.6 Å². The van der Waals surface area contributed by atoms with Gasteiger partial charge in [-0.1, -0.05) is 11.3 Å². The molecule has 0 aliphatic rings. The first kappa shape index (κ1) is 16.0. The Kier molecular flexibility index (Phi) is 4.55. The molecule has 0 bridgehead atoms. The molecule has 10 heteroatoms. The molecule has 120 valence electrons. The highest BCUT2D eigenvalue weighted by molar-refractivity contribution is 7.22. The van der Waals surface area contributed by atoms with Crippen LogP contribution in [0.15, 0.2) is 41.9 Å². The molecular weight excluding hydrogens is 340 g/mol. The average Bonchev–Trinajstić information content (AvgIpc) is 3.04. The number of aromatic nitrogens is 3. The summed E-state index contributed by atoms with van der Waals surface area (Å²) in [5.41, 5.74) is 3.83. The molecule has 3 aromatic rings. The number of hydrogen-bond donors (Lipinski definition) is 2. The lowest BCUT2D eigenvalue weighted by Gasteiger charge is -1.98. The van der Waals surface area contributed by atoms with Crippen molar-refractivity contribution in [3.63, 3.8) is 0 Å². The van der Waals surface area contributed by atoms with Crippen LogP contribution in [0.3, 0.4) is 0 Å². The molecule has 0 atom stereocenters. The number of thiazole rings is 1. The number of carbonyl (C=O) groups is 1. The second kappa shape index (κ2) is 7.12. The maximum atomic E-state index is 12.1. The van der Waals surface area contributed by atoms with Crippen LogP contribution in [-0.2, 0) is 0 Å². The van der Waals surface area contributed by atoms with Gasteiger partial charge in [-0.3, -0.25) is 20.5 Å². The Hall–Kier alpha value is -3.89. The van der Waals surface area contributed by atoms with E-state index in [1.54, 1.807) is 30.3 Å². The molecule has 1 amide bonds. The molecule has 0 radical (unpaired) electrons. The van der Waals surface area contributed by atoms with Crippen LogP contribution in [0.2, 0.25) is 0 Å². The van der Waals surface area contributed by atoms with Gasteiger partial charge in [0.2, 0.25) is 5.71 Å². The van der Waals surface area contributed by atoms with Gasteiger partial charge < -0.3 is 0 Å². The monoisotopic (exact) mass is 348 g/mol. The van der Waals surface area contributed by atoms with Gasteiger partial charge in [-0.25, -0.2) is 9.97 Å². The Morgan fingerprint density at radius 2 is 2.08 bits per heavy atom. The summed E-state index contributed by atoms with van der Waals surface area (Å²) in [6.45, 7) is 0. The molecule has 0 aliphatic heterocycles. The van der Waals surface area contributed by atoms with Crippen molar-refractivity contribution in [2.75, 3.05) is 10.7 Å². The van der Waals surface area contributed by atoms with Crippen LogP contribution in [0.25, 0.3) is 10.2 Å². The minimum Gasteiger partial charge on any atom is -0.296 e. The van der Waals surface area contributed by atoms with Gasteiger partial charge in [0.1, 0.15) is 17.8 Å². The van der Waals surface area contributed by atoms with Crippen LogP contribution < -0.4 is 10.7 Å². The number of rotatable bonds is 4. The van der Waals surface area contributed by atoms with Crippen LogP contribution in [0.5, 0.6) is 0 Å². The third-order valence-electron chi connectivity index (χ3n) is 2.91. The number of fused-ring (bicyclic) bond motifs is 1. The second-order valence-electron chi connectivity index (χ2n) is 4.54. The number of carbonyl (C=O) groups excluding carboxylic acids is 1. The second-order valence-corrected chi connectivity index (χ2v) is 5.57. The van der Waals surface area contributed by atoms with Gasteiger partial charge in [-0.05, 0) is 18.2 Å². The van der Waals surface area contributed by atoms with E-state index in [0.29, 0.717) is 16.3 Å². The predicted molar refractivity (Wildman–Crippen MR) is 91.9 cm³/mol. The molecule has 0 unspecified atom stereocenters. The zero-order chi connectivity index (χ0) is 17.6. The Bertz CT molecular complexity index is 1030. The lowest BCUT2D eigenvalue weighted by atomic mass is 10.3. The largest absolute Gasteiger partial charge is 0.296 e. The summed E-state index contributed by atoms with van der Waals surface area (Å²) in [4.78, 5) is 24.1. The number of nitrogens with one attached hydrogen (secondary N) is 2. The summed E-state index contributed by atoms with van der Waals surface area (Å²) in [6, 6.07) is 8.50. The number of hydrazone groups is 1. The van der Waals surface area contributed by atoms with E-state index in [1.165, 1.54) is 29.9 Å². The molecule has 0 fully saturated rings. The van der Waals surface area contributed by atoms with E-state index in [0.717, 1.165) is 4.70 Å². The van der Waals surface area contributed by atoms with Crippen molar-refractivity contribution in [3.05, 3.63) is 42.5 Å². The topological polar surface area (TPSA) is 140 Å². The van der Waals surface area contributed by atoms with Crippen LogP contribution >= 0.6 is 11.3 Å². The molecule has 1 aromatic carbocycles. The van der Waals surface area contributed by atoms with Crippen molar-refractivity contribution in [2.24, 2.45) is 5.10 Å². The molecular formula is C15H8N8OS. The summed E-state index contributed by atoms with van der Waals surface area (Å²) in [5, 5.41) is 24.1. The smallest absolute Gasteiger partial charge is 0.277 e. The summed E-state index contributed by atoms with van der Waals surface area (Å²) < 4.78 is 0.796. The maximum absolute atomic E-state index is 12.1. The number of nitrogens with zero attached hydrogens (tertiary/aromatic N) is 6. The molecule has 2 aromatic heterocycles. The van der Waals surface area contributed by atoms with E-state index in [-0.39, 0.29) is 11.4 Å². The van der Waals surface area contributed by atoms with E-state index < -0.39 is 5.91 Å². The van der Waals surface area contributed by atoms with Gasteiger partial charge in [0.05, 0.1) is 22.1 Å². The highest BCUT2D eigenvalue weighted by Crippen LogP contribution is 2.28. The molecule has 2 heterocycles. The van der Waals surface area contributed by atoms with Crippen LogP contribution in [0.1, 0.15) is 10.5 Å². The third-order valence-corrected chi connectivity index (χ3v) is 3.85. The zero-order valence-corrected chi connectivity index (χ0v) is 13.3. The minimum absolute atomic E-state index is 0.194. The van der Waals surface area contributed by atoms with Gasteiger partial charge in [-0.2, -0.15) is 15.6 Å². The Labute approximate surface area is 145 Å². The van der Waals surface area contributed by atoms with Gasteiger partial charge in [0.15, 0.2) is 5.13 Å². The fourth-order valence-electron chi connectivity index (χ4n) is 1.82. The van der Waals surface area contributed by atoms with Crippen molar-refractivity contribution in [3.8, 4) is 12.1 Å². The number of benzene rings is 1. The van der Waals surface area contributed by atoms with E-state index in [2.05, 4.69) is 30.8 Å². The zero-order valence-electron chi connectivity index (χ0n) is 12.5. The number of anilines is 2. The normalized spacial score (nSPS) is 9.68. The molecule has 9 nitrogen and oxygen atoms in total. The van der Waals surface area contributed by atoms with Crippen molar-refractivity contribution in [1.29, 1.82) is 10.5 Å². The van der Waals surface area contributed by atoms with Gasteiger partial charge in [0, 0.05) is 12.4 Å². The van der Waals surface area contributed by atoms with Crippen LogP contribution in [0, 0.1) is 22.7 Å². The molecule has 0 aliphatic carbocycles. The quantitative estimate of drug-likeness (QED) is 0.543. The SMILES string of the molecule is N#CC(C#N)=NNc1ccc2nc(NC(=O)c3cnccn3)sc2c1. The number of nitriles is 2. The van der Waals surface area contributed by atoms with Crippen molar-refractivity contribution < 1.29 is 4.79 Å². The van der Waals surface area contributed by atoms with Crippen molar-refractivity contribution >= 4 is 44.0 Å². The third kappa shape index (κ3) is 3.72. The lowest BCUT2D eigenvalue weighted by Crippen LogP contribution is -2.13. The predicted octanol–water partition coefficient (Wildman–Crippen LogP) is 2.15. The first-order valence-corrected chi connectivity index (χ1v) is 7.63. The minimum atomic E-state index is -0.400. The summed E-state index contributed by atoms with van der Waals surface area (Å²) in [5.74, 6) is -0.400. The molecule has 2 N–H and O–H groups in total. The Morgan fingerprint density at radius 1 is 1.24 bits per heavy atom. The molecule has 25 heavy (non-hydrogen) atoms. The van der Waals surface area contributed by atoms with Crippen molar-refractivity contribution in [1.82, 2.24) is 15.0 Å². The van der Waals surface area contributed by atoms with E-state index in [4.69, 9.17) is 10.5 Å². The molecule has 0 saturated heterocycles. The van der Waals surface area contributed by atoms with Gasteiger partial charge >= 0.3 is 0 Å². The summed E-state index contributed by atoms with van der Waals surface area (Å²) >= 11 is 1.27. The summed E-state index contributed by atoms with van der Waals surface area (Å²) in [6.07, 6.45) is 4.28. The first-order valence-electron chi connectivity index (χ1n) is 6.81. The molecule has 0 saturated carbocycles. The Balaban J connectivity index is 1.79. The van der Waals surface area contributed by atoms with E-state index in [1.807, 2.05) is 0 Å². The summed E-state index contributed by atoms with van der Waals surface area (Å²) in [7, 11) is 0. The van der Waals surface area contributed by atoms with Gasteiger partial charge in [-0.15, -0.1) is 0 Å². The first-order chi connectivity index (χ1) is 12.2. The van der Waals surface area contributed by atoms with Gasteiger partial charge in [0.25, 0.3) is 5.91 Å². The standard InChI is InChI=1S/C15H8N8OS/c16-6-10(7-17)23-22-9-1-2-11-13(5-9)25-15(20-11)21-14(24)12-8-18-3-4-19-12/h1-5,8,22H,(H,20,21,24). The highest BCUT2D eigenvalue weighted by atomic mass is 32.1. The van der Waals surface area contributed by atoms with E-state index >= 15 is 0 Å². The fourth-order valence-corrected chi connectivity index (χ4v) is 2.72. The van der Waals surface area contributed by atoms with Crippen LogP contribution in [0.4, 0.5) is 10.8 Å². The Morgan fingerprint density at radius 3 is 2.80 bits per heavy atom. The average molecular weight is 348 g/mol. The molecule has 3 rings (SSSR count). The molecule has 0 spiro atoms.